The minimum absolute atomic E-state index is 0.0556. The molecule has 1 heterocycles. The smallest absolute Gasteiger partial charge is 0.254 e. The van der Waals surface area contributed by atoms with Gasteiger partial charge in [-0.05, 0) is 31.0 Å². The second-order valence-corrected chi connectivity index (χ2v) is 8.62. The van der Waals surface area contributed by atoms with Crippen molar-refractivity contribution >= 4 is 15.7 Å². The molecule has 0 spiro atoms. The molecule has 4 nitrogen and oxygen atoms in total. The van der Waals surface area contributed by atoms with Crippen molar-refractivity contribution in [2.45, 2.75) is 25.9 Å². The topological polar surface area (TPSA) is 54.5 Å². The fourth-order valence-electron chi connectivity index (χ4n) is 3.17. The monoisotopic (exact) mass is 361 g/mol. The number of benzene rings is 2. The van der Waals surface area contributed by atoms with Crippen molar-refractivity contribution in [3.63, 3.8) is 0 Å². The van der Waals surface area contributed by atoms with Crippen LogP contribution in [-0.4, -0.2) is 36.8 Å². The molecule has 1 aliphatic heterocycles. The van der Waals surface area contributed by atoms with Crippen molar-refractivity contribution < 1.29 is 17.6 Å². The molecule has 0 aliphatic carbocycles. The minimum Gasteiger partial charge on any atom is -0.330 e. The van der Waals surface area contributed by atoms with Crippen LogP contribution in [0.4, 0.5) is 4.39 Å². The predicted molar refractivity (Wildman–Crippen MR) is 94.5 cm³/mol. The van der Waals surface area contributed by atoms with Crippen molar-refractivity contribution in [1.82, 2.24) is 4.90 Å². The average molecular weight is 361 g/mol. The standard InChI is InChI=1S/C19H20FNO3S/c1-14-6-2-4-8-17(14)19(22)21(16-10-11-25(23,24)13-16)12-15-7-3-5-9-18(15)20/h2-9,16H,10-13H2,1H3/t16-/m1/s1. The highest BCUT2D eigenvalue weighted by Gasteiger charge is 2.35. The first-order valence-corrected chi connectivity index (χ1v) is 10.00. The second-order valence-electron chi connectivity index (χ2n) is 6.40. The molecule has 0 aromatic heterocycles. The van der Waals surface area contributed by atoms with Crippen LogP contribution in [0.2, 0.25) is 0 Å². The van der Waals surface area contributed by atoms with Crippen LogP contribution in [0, 0.1) is 12.7 Å². The number of nitrogens with zero attached hydrogens (tertiary/aromatic N) is 1. The lowest BCUT2D eigenvalue weighted by Crippen LogP contribution is -2.41. The Kier molecular flexibility index (Phi) is 4.90. The minimum atomic E-state index is -3.16. The van der Waals surface area contributed by atoms with Gasteiger partial charge in [0.05, 0.1) is 11.5 Å². The quantitative estimate of drug-likeness (QED) is 0.841. The Morgan fingerprint density at radius 2 is 1.84 bits per heavy atom. The molecular formula is C19H20FNO3S. The van der Waals surface area contributed by atoms with E-state index in [2.05, 4.69) is 0 Å². The second kappa shape index (κ2) is 6.96. The lowest BCUT2D eigenvalue weighted by molar-refractivity contribution is 0.0678. The molecule has 1 aliphatic rings. The number of carbonyl (C=O) groups is 1. The van der Waals surface area contributed by atoms with Gasteiger partial charge in [-0.3, -0.25) is 4.79 Å². The molecule has 6 heteroatoms. The highest BCUT2D eigenvalue weighted by atomic mass is 32.2. The van der Waals surface area contributed by atoms with E-state index in [1.54, 1.807) is 30.3 Å². The third-order valence-electron chi connectivity index (χ3n) is 4.58. The molecule has 0 saturated carbocycles. The van der Waals surface area contributed by atoms with E-state index < -0.39 is 21.7 Å². The van der Waals surface area contributed by atoms with Crippen molar-refractivity contribution in [3.05, 3.63) is 71.0 Å². The van der Waals surface area contributed by atoms with Gasteiger partial charge in [-0.15, -0.1) is 0 Å². The van der Waals surface area contributed by atoms with Crippen molar-refractivity contribution in [2.75, 3.05) is 11.5 Å². The maximum absolute atomic E-state index is 14.1. The van der Waals surface area contributed by atoms with Gasteiger partial charge >= 0.3 is 0 Å². The molecule has 0 unspecified atom stereocenters. The predicted octanol–water partition coefficient (Wildman–Crippen LogP) is 2.96. The van der Waals surface area contributed by atoms with Gasteiger partial charge in [0.25, 0.3) is 5.91 Å². The molecule has 0 bridgehead atoms. The summed E-state index contributed by atoms with van der Waals surface area (Å²) in [6, 6.07) is 13.0. The van der Waals surface area contributed by atoms with Crippen LogP contribution < -0.4 is 0 Å². The fraction of sp³-hybridized carbons (Fsp3) is 0.316. The van der Waals surface area contributed by atoms with E-state index in [4.69, 9.17) is 0 Å². The number of halogens is 1. The molecule has 132 valence electrons. The summed E-state index contributed by atoms with van der Waals surface area (Å²) >= 11 is 0. The molecule has 3 rings (SSSR count). The zero-order chi connectivity index (χ0) is 18.0. The molecule has 0 radical (unpaired) electrons. The molecule has 1 atom stereocenters. The van der Waals surface area contributed by atoms with Crippen LogP contribution in [0.1, 0.15) is 27.9 Å². The van der Waals surface area contributed by atoms with Crippen LogP contribution in [0.3, 0.4) is 0 Å². The van der Waals surface area contributed by atoms with Crippen LogP contribution in [-0.2, 0) is 16.4 Å². The molecule has 1 saturated heterocycles. The summed E-state index contributed by atoms with van der Waals surface area (Å²) in [6.45, 7) is 1.89. The van der Waals surface area contributed by atoms with Crippen molar-refractivity contribution in [1.29, 1.82) is 0 Å². The van der Waals surface area contributed by atoms with Gasteiger partial charge in [-0.25, -0.2) is 12.8 Å². The van der Waals surface area contributed by atoms with Gasteiger partial charge in [0, 0.05) is 23.7 Å². The Bertz CT molecular complexity index is 895. The molecule has 1 amide bonds. The molecule has 1 fully saturated rings. The van der Waals surface area contributed by atoms with E-state index in [0.717, 1.165) is 5.56 Å². The van der Waals surface area contributed by atoms with E-state index in [1.807, 2.05) is 19.1 Å². The molecule has 25 heavy (non-hydrogen) atoms. The first kappa shape index (κ1) is 17.6. The van der Waals surface area contributed by atoms with Crippen LogP contribution >= 0.6 is 0 Å². The summed E-state index contributed by atoms with van der Waals surface area (Å²) < 4.78 is 37.8. The normalized spacial score (nSPS) is 18.9. The van der Waals surface area contributed by atoms with Gasteiger partial charge in [-0.1, -0.05) is 36.4 Å². The third kappa shape index (κ3) is 3.90. The van der Waals surface area contributed by atoms with Gasteiger partial charge in [0.2, 0.25) is 0 Å². The Labute approximate surface area is 147 Å². The summed E-state index contributed by atoms with van der Waals surface area (Å²) in [6.07, 6.45) is 0.383. The molecule has 0 N–H and O–H groups in total. The number of hydrogen-bond donors (Lipinski definition) is 0. The average Bonchev–Trinajstić information content (AvgIpc) is 2.94. The van der Waals surface area contributed by atoms with Crippen molar-refractivity contribution in [2.24, 2.45) is 0 Å². The number of hydrogen-bond acceptors (Lipinski definition) is 3. The van der Waals surface area contributed by atoms with Gasteiger partial charge in [0.1, 0.15) is 5.82 Å². The van der Waals surface area contributed by atoms with Crippen LogP contribution in [0.5, 0.6) is 0 Å². The van der Waals surface area contributed by atoms with Gasteiger partial charge in [-0.2, -0.15) is 0 Å². The molecule has 2 aromatic carbocycles. The van der Waals surface area contributed by atoms with Gasteiger partial charge in [0.15, 0.2) is 9.84 Å². The Hall–Kier alpha value is -2.21. The van der Waals surface area contributed by atoms with E-state index >= 15 is 0 Å². The SMILES string of the molecule is Cc1ccccc1C(=O)N(Cc1ccccc1F)[C@@H]1CCS(=O)(=O)C1. The zero-order valence-electron chi connectivity index (χ0n) is 14.0. The van der Waals surface area contributed by atoms with E-state index in [1.165, 1.54) is 11.0 Å². The lowest BCUT2D eigenvalue weighted by atomic mass is 10.0. The summed E-state index contributed by atoms with van der Waals surface area (Å²) in [5.74, 6) is -0.666. The highest BCUT2D eigenvalue weighted by Crippen LogP contribution is 2.24. The summed E-state index contributed by atoms with van der Waals surface area (Å²) in [5.41, 5.74) is 1.71. The number of aryl methyl sites for hydroxylation is 1. The van der Waals surface area contributed by atoms with E-state index in [9.17, 15) is 17.6 Å². The number of rotatable bonds is 4. The van der Waals surface area contributed by atoms with Crippen LogP contribution in [0.25, 0.3) is 0 Å². The Morgan fingerprint density at radius 3 is 2.48 bits per heavy atom. The summed E-state index contributed by atoms with van der Waals surface area (Å²) in [4.78, 5) is 14.6. The Balaban J connectivity index is 1.96. The molecule has 2 aromatic rings. The Morgan fingerprint density at radius 1 is 1.16 bits per heavy atom. The summed E-state index contributed by atoms with van der Waals surface area (Å²) in [7, 11) is -3.16. The maximum Gasteiger partial charge on any atom is 0.254 e. The highest BCUT2D eigenvalue weighted by molar-refractivity contribution is 7.91. The third-order valence-corrected chi connectivity index (χ3v) is 6.33. The first-order valence-electron chi connectivity index (χ1n) is 8.18. The van der Waals surface area contributed by atoms with Crippen molar-refractivity contribution in [3.8, 4) is 0 Å². The van der Waals surface area contributed by atoms with Crippen LogP contribution in [0.15, 0.2) is 48.5 Å². The summed E-state index contributed by atoms with van der Waals surface area (Å²) in [5, 5.41) is 0. The molecular weight excluding hydrogens is 341 g/mol. The van der Waals surface area contributed by atoms with Gasteiger partial charge < -0.3 is 4.90 Å². The first-order chi connectivity index (χ1) is 11.9. The number of carbonyl (C=O) groups excluding carboxylic acids is 1. The number of amides is 1. The fourth-order valence-corrected chi connectivity index (χ4v) is 4.90. The zero-order valence-corrected chi connectivity index (χ0v) is 14.8. The lowest BCUT2D eigenvalue weighted by Gasteiger charge is -2.29. The largest absolute Gasteiger partial charge is 0.330 e. The number of sulfone groups is 1. The van der Waals surface area contributed by atoms with E-state index in [-0.39, 0.29) is 24.0 Å². The maximum atomic E-state index is 14.1. The van der Waals surface area contributed by atoms with E-state index in [0.29, 0.717) is 17.5 Å².